The van der Waals surface area contributed by atoms with Crippen LogP contribution in [0.2, 0.25) is 0 Å². The number of rotatable bonds is 11. The number of alkyl halides is 17. The molecular weight excluding hydrogens is 579 g/mol. The highest BCUT2D eigenvalue weighted by atomic mass is 32.2. The number of halogens is 17. The molecule has 23 heteroatoms. The maximum atomic E-state index is 14.3. The molecule has 0 aromatic heterocycles. The highest BCUT2D eigenvalue weighted by Gasteiger charge is 2.83. The van der Waals surface area contributed by atoms with Crippen molar-refractivity contribution in [2.24, 2.45) is 0 Å². The van der Waals surface area contributed by atoms with Crippen LogP contribution in [0.1, 0.15) is 20.3 Å². The Labute approximate surface area is 181 Å². The van der Waals surface area contributed by atoms with Crippen molar-refractivity contribution >= 4 is 10.1 Å². The molecule has 0 fully saturated rings. The minimum atomic E-state index is -8.00. The highest BCUT2D eigenvalue weighted by molar-refractivity contribution is 7.86. The van der Waals surface area contributed by atoms with Crippen molar-refractivity contribution in [3.63, 3.8) is 0 Å². The lowest BCUT2D eigenvalue weighted by molar-refractivity contribution is -0.536. The second-order valence-corrected chi connectivity index (χ2v) is 8.17. The van der Waals surface area contributed by atoms with Gasteiger partial charge in [-0.05, 0) is 0 Å². The molecule has 212 valence electrons. The SMILES string of the molecule is CC(F)(F)C(F)(F)CC(F)(OC(F)(F)C(F)(OC(F)(F)C(F)(F)S(=O)(=O)O)C(F)(F)F)C(C)(F)F. The molecule has 0 aliphatic carbocycles. The lowest BCUT2D eigenvalue weighted by Crippen LogP contribution is -2.67. The molecule has 0 saturated heterocycles. The van der Waals surface area contributed by atoms with Crippen molar-refractivity contribution in [2.75, 3.05) is 0 Å². The Morgan fingerprint density at radius 3 is 1.26 bits per heavy atom. The third kappa shape index (κ3) is 6.14. The van der Waals surface area contributed by atoms with Gasteiger partial charge in [0.2, 0.25) is 0 Å². The number of ether oxygens (including phenoxy) is 2. The van der Waals surface area contributed by atoms with Crippen LogP contribution in [-0.4, -0.2) is 66.1 Å². The standard InChI is InChI=1S/C12H9F17O5S/c1-4(13,14)6(17,18)3-7(19,5(2,15)16)33-10(24,25)8(20,9(21,22)23)34-11(26,27)12(28,29)35(30,31)32/h3H2,1-2H3,(H,30,31,32). The molecular formula is C12H9F17O5S. The quantitative estimate of drug-likeness (QED) is 0.240. The molecule has 2 atom stereocenters. The number of hydrogen-bond acceptors (Lipinski definition) is 4. The topological polar surface area (TPSA) is 72.8 Å². The van der Waals surface area contributed by atoms with Gasteiger partial charge in [-0.1, -0.05) is 0 Å². The second kappa shape index (κ2) is 8.60. The van der Waals surface area contributed by atoms with Gasteiger partial charge in [0.25, 0.3) is 5.85 Å². The molecule has 0 bridgehead atoms. The van der Waals surface area contributed by atoms with E-state index in [0.717, 1.165) is 0 Å². The molecule has 0 heterocycles. The van der Waals surface area contributed by atoms with E-state index in [4.69, 9.17) is 4.55 Å². The van der Waals surface area contributed by atoms with Crippen molar-refractivity contribution in [3.8, 4) is 0 Å². The molecule has 0 aromatic carbocycles. The van der Waals surface area contributed by atoms with E-state index >= 15 is 0 Å². The first-order valence-corrected chi connectivity index (χ1v) is 9.15. The molecule has 0 radical (unpaired) electrons. The lowest BCUT2D eigenvalue weighted by Gasteiger charge is -2.42. The van der Waals surface area contributed by atoms with Gasteiger partial charge in [0.15, 0.2) is 0 Å². The van der Waals surface area contributed by atoms with Gasteiger partial charge in [-0.25, -0.2) is 22.0 Å². The van der Waals surface area contributed by atoms with Gasteiger partial charge in [-0.15, -0.1) is 0 Å². The summed E-state index contributed by atoms with van der Waals surface area (Å²) in [7, 11) is -7.63. The summed E-state index contributed by atoms with van der Waals surface area (Å²) in [6.07, 6.45) is -27.5. The van der Waals surface area contributed by atoms with Crippen molar-refractivity contribution < 1.29 is 97.1 Å². The van der Waals surface area contributed by atoms with Gasteiger partial charge >= 0.3 is 57.4 Å². The monoisotopic (exact) mass is 588 g/mol. The smallest absolute Gasteiger partial charge is 0.281 e. The summed E-state index contributed by atoms with van der Waals surface area (Å²) >= 11 is 0. The van der Waals surface area contributed by atoms with Crippen LogP contribution >= 0.6 is 0 Å². The summed E-state index contributed by atoms with van der Waals surface area (Å²) in [5.41, 5.74) is 0. The van der Waals surface area contributed by atoms with E-state index in [1.807, 2.05) is 4.74 Å². The Morgan fingerprint density at radius 1 is 0.629 bits per heavy atom. The summed E-state index contributed by atoms with van der Waals surface area (Å²) in [5, 5.41) is -7.41. The predicted molar refractivity (Wildman–Crippen MR) is 73.1 cm³/mol. The molecule has 0 aromatic rings. The van der Waals surface area contributed by atoms with Gasteiger partial charge in [-0.3, -0.25) is 14.0 Å². The minimum absolute atomic E-state index is 0.852. The van der Waals surface area contributed by atoms with Crippen molar-refractivity contribution in [3.05, 3.63) is 0 Å². The highest BCUT2D eigenvalue weighted by Crippen LogP contribution is 2.56. The molecule has 0 amide bonds. The largest absolute Gasteiger partial charge is 0.460 e. The maximum absolute atomic E-state index is 14.3. The first-order valence-electron chi connectivity index (χ1n) is 7.71. The van der Waals surface area contributed by atoms with Gasteiger partial charge in [0.05, 0.1) is 6.42 Å². The predicted octanol–water partition coefficient (Wildman–Crippen LogP) is 5.92. The zero-order valence-electron chi connectivity index (χ0n) is 16.1. The average molecular weight is 588 g/mol. The van der Waals surface area contributed by atoms with E-state index in [0.29, 0.717) is 0 Å². The summed E-state index contributed by atoms with van der Waals surface area (Å²) in [4.78, 5) is 0. The zero-order chi connectivity index (χ0) is 29.1. The third-order valence-corrected chi connectivity index (χ3v) is 4.59. The Bertz CT molecular complexity index is 873. The average Bonchev–Trinajstić information content (AvgIpc) is 2.48. The first kappa shape index (κ1) is 33.6. The van der Waals surface area contributed by atoms with Crippen LogP contribution < -0.4 is 0 Å². The van der Waals surface area contributed by atoms with Crippen LogP contribution in [-0.2, 0) is 19.6 Å². The van der Waals surface area contributed by atoms with E-state index in [-0.39, 0.29) is 0 Å². The fourth-order valence-electron chi connectivity index (χ4n) is 1.66. The van der Waals surface area contributed by atoms with Crippen LogP contribution in [0.25, 0.3) is 0 Å². The molecule has 0 rings (SSSR count). The van der Waals surface area contributed by atoms with E-state index in [9.17, 15) is 83.1 Å². The van der Waals surface area contributed by atoms with Crippen LogP contribution in [0.5, 0.6) is 0 Å². The van der Waals surface area contributed by atoms with Crippen LogP contribution in [0, 0.1) is 0 Å². The van der Waals surface area contributed by atoms with E-state index in [1.54, 1.807) is 0 Å². The maximum Gasteiger partial charge on any atom is 0.460 e. The second-order valence-electron chi connectivity index (χ2n) is 6.71. The Morgan fingerprint density at radius 2 is 1.00 bits per heavy atom. The Kier molecular flexibility index (Phi) is 8.27. The van der Waals surface area contributed by atoms with Gasteiger partial charge < -0.3 is 0 Å². The van der Waals surface area contributed by atoms with Gasteiger partial charge in [-0.2, -0.15) is 61.1 Å². The summed E-state index contributed by atoms with van der Waals surface area (Å²) < 4.78 is 257. The van der Waals surface area contributed by atoms with Crippen LogP contribution in [0.15, 0.2) is 0 Å². The summed E-state index contributed by atoms with van der Waals surface area (Å²) in [6.45, 7) is -1.93. The molecule has 0 aliphatic rings. The molecule has 0 aliphatic heterocycles. The molecule has 5 nitrogen and oxygen atoms in total. The lowest BCUT2D eigenvalue weighted by atomic mass is 9.99. The van der Waals surface area contributed by atoms with Crippen molar-refractivity contribution in [2.45, 2.75) is 73.4 Å². The Hall–Kier alpha value is -1.36. The summed E-state index contributed by atoms with van der Waals surface area (Å²) in [6, 6.07) is 0. The fraction of sp³-hybridized carbons (Fsp3) is 1.00. The van der Waals surface area contributed by atoms with Crippen molar-refractivity contribution in [1.29, 1.82) is 0 Å². The minimum Gasteiger partial charge on any atom is -0.281 e. The normalized spacial score (nSPS) is 19.3. The summed E-state index contributed by atoms with van der Waals surface area (Å²) in [5.74, 6) is -32.3. The number of hydrogen-bond donors (Lipinski definition) is 1. The van der Waals surface area contributed by atoms with E-state index in [1.165, 1.54) is 4.74 Å². The molecule has 35 heavy (non-hydrogen) atoms. The molecule has 0 saturated carbocycles. The van der Waals surface area contributed by atoms with E-state index < -0.39 is 83.5 Å². The first-order chi connectivity index (χ1) is 14.6. The third-order valence-electron chi connectivity index (χ3n) is 3.71. The zero-order valence-corrected chi connectivity index (χ0v) is 16.9. The fourth-order valence-corrected chi connectivity index (χ4v) is 2.00. The van der Waals surface area contributed by atoms with Gasteiger partial charge in [0, 0.05) is 13.8 Å². The molecule has 2 unspecified atom stereocenters. The molecule has 0 spiro atoms. The van der Waals surface area contributed by atoms with Gasteiger partial charge in [0.1, 0.15) is 0 Å². The van der Waals surface area contributed by atoms with Crippen LogP contribution in [0.4, 0.5) is 74.6 Å². The Balaban J connectivity index is 6.89. The van der Waals surface area contributed by atoms with Crippen LogP contribution in [0.3, 0.4) is 0 Å². The molecule has 1 N–H and O–H groups in total. The van der Waals surface area contributed by atoms with E-state index in [2.05, 4.69) is 0 Å². The van der Waals surface area contributed by atoms with Crippen molar-refractivity contribution in [1.82, 2.24) is 0 Å².